The Morgan fingerprint density at radius 2 is 2.21 bits per heavy atom. The van der Waals surface area contributed by atoms with Crippen LogP contribution in [0.15, 0.2) is 27.7 Å². The summed E-state index contributed by atoms with van der Waals surface area (Å²) in [5.74, 6) is 6.65. The molecule has 0 saturated heterocycles. The van der Waals surface area contributed by atoms with Crippen molar-refractivity contribution in [2.75, 3.05) is 26.1 Å². The van der Waals surface area contributed by atoms with Gasteiger partial charge in [0, 0.05) is 17.6 Å². The van der Waals surface area contributed by atoms with Gasteiger partial charge in [-0.1, -0.05) is 0 Å². The SMILES string of the molecule is COCC(C)N=C(NN)Nc1cc(OC)ccc1Br. The number of nitrogens with two attached hydrogens (primary N) is 1. The fourth-order valence-electron chi connectivity index (χ4n) is 1.46. The molecule has 0 heterocycles. The molecule has 19 heavy (non-hydrogen) atoms. The highest BCUT2D eigenvalue weighted by molar-refractivity contribution is 9.10. The van der Waals surface area contributed by atoms with Gasteiger partial charge in [0.25, 0.3) is 0 Å². The molecule has 0 saturated carbocycles. The quantitative estimate of drug-likeness (QED) is 0.331. The zero-order chi connectivity index (χ0) is 14.3. The van der Waals surface area contributed by atoms with Gasteiger partial charge in [-0.15, -0.1) is 0 Å². The second-order valence-electron chi connectivity index (χ2n) is 3.90. The number of rotatable bonds is 5. The molecule has 4 N–H and O–H groups in total. The number of nitrogens with one attached hydrogen (secondary N) is 2. The van der Waals surface area contributed by atoms with Gasteiger partial charge < -0.3 is 14.8 Å². The molecule has 0 amide bonds. The first-order chi connectivity index (χ1) is 9.10. The van der Waals surface area contributed by atoms with Crippen molar-refractivity contribution in [2.24, 2.45) is 10.8 Å². The first-order valence-corrected chi connectivity index (χ1v) is 6.54. The molecular weight excluding hydrogens is 312 g/mol. The molecule has 0 bridgehead atoms. The van der Waals surface area contributed by atoms with E-state index in [0.717, 1.165) is 15.9 Å². The lowest BCUT2D eigenvalue weighted by atomic mass is 10.3. The Bertz CT molecular complexity index is 440. The molecule has 0 fully saturated rings. The molecule has 6 nitrogen and oxygen atoms in total. The van der Waals surface area contributed by atoms with Gasteiger partial charge in [-0.2, -0.15) is 0 Å². The van der Waals surface area contributed by atoms with Gasteiger partial charge in [0.2, 0.25) is 5.96 Å². The van der Waals surface area contributed by atoms with E-state index >= 15 is 0 Å². The minimum absolute atomic E-state index is 0.00654. The molecule has 1 unspecified atom stereocenters. The first-order valence-electron chi connectivity index (χ1n) is 5.74. The number of benzene rings is 1. The summed E-state index contributed by atoms with van der Waals surface area (Å²) in [5, 5.41) is 3.09. The van der Waals surface area contributed by atoms with E-state index < -0.39 is 0 Å². The third-order valence-electron chi connectivity index (χ3n) is 2.32. The van der Waals surface area contributed by atoms with Crippen molar-refractivity contribution < 1.29 is 9.47 Å². The van der Waals surface area contributed by atoms with Crippen LogP contribution in [-0.2, 0) is 4.74 Å². The summed E-state index contributed by atoms with van der Waals surface area (Å²) in [6, 6.07) is 5.58. The number of guanidine groups is 1. The van der Waals surface area contributed by atoms with Crippen molar-refractivity contribution in [3.05, 3.63) is 22.7 Å². The van der Waals surface area contributed by atoms with Gasteiger partial charge in [-0.3, -0.25) is 5.43 Å². The summed E-state index contributed by atoms with van der Waals surface area (Å²) in [6.07, 6.45) is 0. The number of nitrogens with zero attached hydrogens (tertiary/aromatic N) is 1. The van der Waals surface area contributed by atoms with Gasteiger partial charge >= 0.3 is 0 Å². The highest BCUT2D eigenvalue weighted by Crippen LogP contribution is 2.26. The number of halogens is 1. The molecule has 1 atom stereocenters. The Morgan fingerprint density at radius 3 is 2.79 bits per heavy atom. The molecule has 7 heteroatoms. The van der Waals surface area contributed by atoms with Crippen LogP contribution in [0.5, 0.6) is 5.75 Å². The Labute approximate surface area is 121 Å². The van der Waals surface area contributed by atoms with Crippen LogP contribution in [0.25, 0.3) is 0 Å². The summed E-state index contributed by atoms with van der Waals surface area (Å²) in [7, 11) is 3.25. The molecule has 0 aliphatic carbocycles. The van der Waals surface area contributed by atoms with Crippen molar-refractivity contribution in [1.82, 2.24) is 5.43 Å². The van der Waals surface area contributed by atoms with E-state index in [0.29, 0.717) is 12.6 Å². The Balaban J connectivity index is 2.86. The Kier molecular flexibility index (Phi) is 6.61. The Hall–Kier alpha value is -1.31. The predicted molar refractivity (Wildman–Crippen MR) is 80.4 cm³/mol. The fraction of sp³-hybridized carbons (Fsp3) is 0.417. The minimum Gasteiger partial charge on any atom is -0.497 e. The number of aliphatic imine (C=N–C) groups is 1. The molecule has 106 valence electrons. The maximum absolute atomic E-state index is 5.46. The van der Waals surface area contributed by atoms with Crippen LogP contribution in [0.3, 0.4) is 0 Å². The number of hydrazine groups is 1. The van der Waals surface area contributed by atoms with E-state index in [4.69, 9.17) is 15.3 Å². The number of hydrogen-bond donors (Lipinski definition) is 3. The van der Waals surface area contributed by atoms with E-state index in [1.165, 1.54) is 0 Å². The van der Waals surface area contributed by atoms with E-state index in [1.54, 1.807) is 14.2 Å². The third-order valence-corrected chi connectivity index (χ3v) is 3.01. The summed E-state index contributed by atoms with van der Waals surface area (Å²) >= 11 is 3.45. The molecule has 1 aromatic rings. The van der Waals surface area contributed by atoms with Gasteiger partial charge in [-0.25, -0.2) is 10.8 Å². The largest absolute Gasteiger partial charge is 0.497 e. The molecule has 0 spiro atoms. The smallest absolute Gasteiger partial charge is 0.210 e. The van der Waals surface area contributed by atoms with Crippen LogP contribution >= 0.6 is 15.9 Å². The Morgan fingerprint density at radius 1 is 1.47 bits per heavy atom. The topological polar surface area (TPSA) is 80.9 Å². The van der Waals surface area contributed by atoms with Crippen LogP contribution in [0.2, 0.25) is 0 Å². The monoisotopic (exact) mass is 330 g/mol. The maximum Gasteiger partial charge on any atom is 0.210 e. The zero-order valence-electron chi connectivity index (χ0n) is 11.2. The molecule has 1 aromatic carbocycles. The second-order valence-corrected chi connectivity index (χ2v) is 4.75. The predicted octanol–water partition coefficient (Wildman–Crippen LogP) is 1.72. The van der Waals surface area contributed by atoms with Crippen molar-refractivity contribution in [3.63, 3.8) is 0 Å². The number of methoxy groups -OCH3 is 2. The van der Waals surface area contributed by atoms with Crippen molar-refractivity contribution in [1.29, 1.82) is 0 Å². The van der Waals surface area contributed by atoms with Gasteiger partial charge in [-0.05, 0) is 35.0 Å². The number of hydrogen-bond acceptors (Lipinski definition) is 4. The average molecular weight is 331 g/mol. The van der Waals surface area contributed by atoms with Gasteiger partial charge in [0.15, 0.2) is 0 Å². The molecule has 0 radical (unpaired) electrons. The molecule has 0 aliphatic rings. The summed E-state index contributed by atoms with van der Waals surface area (Å²) in [5.41, 5.74) is 3.33. The van der Waals surface area contributed by atoms with Crippen molar-refractivity contribution in [2.45, 2.75) is 13.0 Å². The van der Waals surface area contributed by atoms with E-state index in [2.05, 4.69) is 31.7 Å². The zero-order valence-corrected chi connectivity index (χ0v) is 12.8. The lowest BCUT2D eigenvalue weighted by Crippen LogP contribution is -2.37. The van der Waals surface area contributed by atoms with Crippen LogP contribution in [0.1, 0.15) is 6.92 Å². The standard InChI is InChI=1S/C12H19BrN4O2/c1-8(7-18-2)15-12(17-14)16-11-6-9(19-3)4-5-10(11)13/h4-6,8H,7,14H2,1-3H3,(H2,15,16,17). The van der Waals surface area contributed by atoms with Crippen LogP contribution in [-0.4, -0.2) is 32.8 Å². The fourth-order valence-corrected chi connectivity index (χ4v) is 1.80. The van der Waals surface area contributed by atoms with Crippen LogP contribution in [0, 0.1) is 0 Å². The second kappa shape index (κ2) is 7.98. The summed E-state index contributed by atoms with van der Waals surface area (Å²) in [6.45, 7) is 2.45. The first kappa shape index (κ1) is 15.7. The van der Waals surface area contributed by atoms with Gasteiger partial charge in [0.1, 0.15) is 5.75 Å². The number of ether oxygens (including phenoxy) is 2. The molecule has 1 rings (SSSR count). The maximum atomic E-state index is 5.46. The molecule has 0 aromatic heterocycles. The van der Waals surface area contributed by atoms with E-state index in [9.17, 15) is 0 Å². The van der Waals surface area contributed by atoms with E-state index in [1.807, 2.05) is 25.1 Å². The highest BCUT2D eigenvalue weighted by atomic mass is 79.9. The minimum atomic E-state index is -0.00654. The molecular formula is C12H19BrN4O2. The van der Waals surface area contributed by atoms with E-state index in [-0.39, 0.29) is 6.04 Å². The third kappa shape index (κ3) is 5.06. The number of anilines is 1. The molecule has 0 aliphatic heterocycles. The lowest BCUT2D eigenvalue weighted by Gasteiger charge is -2.14. The normalized spacial score (nSPS) is 13.0. The van der Waals surface area contributed by atoms with Crippen molar-refractivity contribution >= 4 is 27.6 Å². The summed E-state index contributed by atoms with van der Waals surface area (Å²) < 4.78 is 11.1. The van der Waals surface area contributed by atoms with Crippen molar-refractivity contribution in [3.8, 4) is 5.75 Å². The summed E-state index contributed by atoms with van der Waals surface area (Å²) in [4.78, 5) is 4.36. The van der Waals surface area contributed by atoms with Crippen LogP contribution < -0.4 is 21.3 Å². The van der Waals surface area contributed by atoms with Crippen LogP contribution in [0.4, 0.5) is 5.69 Å². The average Bonchev–Trinajstić information content (AvgIpc) is 2.40. The lowest BCUT2D eigenvalue weighted by molar-refractivity contribution is 0.185. The van der Waals surface area contributed by atoms with Gasteiger partial charge in [0.05, 0.1) is 25.4 Å². The highest BCUT2D eigenvalue weighted by Gasteiger charge is 2.06.